The van der Waals surface area contributed by atoms with Gasteiger partial charge in [-0.2, -0.15) is 13.2 Å². The van der Waals surface area contributed by atoms with E-state index in [1.54, 1.807) is 0 Å². The minimum Gasteiger partial charge on any atom is -0.755 e. The Morgan fingerprint density at radius 1 is 0.375 bits per heavy atom. The smallest absolute Gasteiger partial charge is 0.416 e. The Bertz CT molecular complexity index is 4190. The maximum Gasteiger partial charge on any atom is 0.416 e. The molecular weight excluding hydrogens is 1510 g/mol. The lowest BCUT2D eigenvalue weighted by atomic mass is 10.2. The van der Waals surface area contributed by atoms with Gasteiger partial charge in [0.25, 0.3) is 5.69 Å². The predicted molar refractivity (Wildman–Crippen MR) is 359 cm³/mol. The number of para-hydroxylation sites is 1. The average molecular weight is 1550 g/mol. The number of carbonyl (C=O) groups is 4. The summed E-state index contributed by atoms with van der Waals surface area (Å²) in [6.07, 6.45) is -4.53. The van der Waals surface area contributed by atoms with Crippen LogP contribution in [-0.4, -0.2) is 64.1 Å². The molecule has 510 valence electrons. The second-order valence-corrected chi connectivity index (χ2v) is 23.0. The number of hydrogen-bond acceptors (Lipinski definition) is 14. The van der Waals surface area contributed by atoms with Crippen LogP contribution in [0.3, 0.4) is 0 Å². The third-order valence-corrected chi connectivity index (χ3v) is 15.5. The number of hydrogen-bond donors (Lipinski definition) is 12. The molecule has 8 rings (SSSR count). The molecule has 0 aliphatic carbocycles. The average Bonchev–Trinajstić information content (AvgIpc) is 0.801. The fourth-order valence-corrected chi connectivity index (χ4v) is 9.78. The maximum atomic E-state index is 13.4. The number of nitrogens with zero attached hydrogens (tertiary/aromatic N) is 1. The van der Waals surface area contributed by atoms with Crippen molar-refractivity contribution >= 4 is 224 Å². The van der Waals surface area contributed by atoms with Gasteiger partial charge in [0, 0.05) is 103 Å². The normalized spacial score (nSPS) is 11.8. The molecule has 0 aliphatic rings. The van der Waals surface area contributed by atoms with Crippen molar-refractivity contribution in [1.82, 2.24) is 0 Å². The first-order valence-corrected chi connectivity index (χ1v) is 32.0. The number of nitro benzene ring substituents is 1. The third-order valence-electron chi connectivity index (χ3n) is 11.0. The number of urea groups is 4. The summed E-state index contributed by atoms with van der Waals surface area (Å²) in [6, 6.07) is 29.6. The third kappa shape index (κ3) is 25.9. The van der Waals surface area contributed by atoms with E-state index in [-0.39, 0.29) is 57.9 Å². The van der Waals surface area contributed by atoms with Crippen molar-refractivity contribution in [2.45, 2.75) is 6.18 Å². The number of benzene rings is 8. The SMILES string of the molecule is O=C(Nc1ccc(NS(=O)[O-])cc1)Nc1c(Cl)c(Cl)c(Cl)c(Cl)c1Cl.O=C(Nc1ccc(NS(=O)[O-])cc1)Nc1c(F)cccc1F.O=C(Nc1ccc(NS(=O)[O-])cc1)Nc1cc([N+](=O)[O-])ccc1Cl.O=C(Nc1ccc(NS(=O)[O-])cc1)Nc1ccc(C(F)(F)F)cc1Cl. The van der Waals surface area contributed by atoms with E-state index in [2.05, 4.69) is 61.4 Å². The van der Waals surface area contributed by atoms with Gasteiger partial charge in [-0.1, -0.05) is 87.3 Å². The zero-order chi connectivity index (χ0) is 71.1. The summed E-state index contributed by atoms with van der Waals surface area (Å²) in [5.74, 6) is -1.79. The molecule has 8 aromatic carbocycles. The molecule has 4 atom stereocenters. The maximum absolute atomic E-state index is 13.4. The van der Waals surface area contributed by atoms with E-state index < -0.39 is 103 Å². The van der Waals surface area contributed by atoms with Crippen LogP contribution >= 0.6 is 81.2 Å². The molecule has 96 heavy (non-hydrogen) atoms. The Labute approximate surface area is 583 Å². The van der Waals surface area contributed by atoms with Gasteiger partial charge in [-0.25, -0.2) is 28.0 Å². The minimum absolute atomic E-state index is 0.000252. The molecule has 8 amide bonds. The molecule has 27 nitrogen and oxygen atoms in total. The summed E-state index contributed by atoms with van der Waals surface area (Å²) >= 11 is 31.6. The van der Waals surface area contributed by atoms with E-state index in [1.807, 2.05) is 0 Å². The fourth-order valence-electron chi connectivity index (χ4n) is 6.84. The molecule has 0 saturated heterocycles. The van der Waals surface area contributed by atoms with Crippen LogP contribution in [0.5, 0.6) is 0 Å². The van der Waals surface area contributed by atoms with Gasteiger partial charge in [-0.15, -0.1) is 0 Å². The molecule has 0 aliphatic heterocycles. The van der Waals surface area contributed by atoms with Crippen molar-refractivity contribution in [2.75, 3.05) is 61.4 Å². The second kappa shape index (κ2) is 37.2. The van der Waals surface area contributed by atoms with Crippen LogP contribution in [0.4, 0.5) is 115 Å². The highest BCUT2D eigenvalue weighted by molar-refractivity contribution is 7.81. The lowest BCUT2D eigenvalue weighted by Crippen LogP contribution is -2.20. The van der Waals surface area contributed by atoms with Crippen LogP contribution in [-0.2, 0) is 51.2 Å². The Morgan fingerprint density at radius 3 is 1.01 bits per heavy atom. The highest BCUT2D eigenvalue weighted by atomic mass is 35.5. The van der Waals surface area contributed by atoms with Crippen LogP contribution in [0.15, 0.2) is 152 Å². The molecule has 0 heterocycles. The molecule has 12 N–H and O–H groups in total. The summed E-state index contributed by atoms with van der Waals surface area (Å²) < 4.78 is 157. The van der Waals surface area contributed by atoms with Crippen LogP contribution in [0.2, 0.25) is 35.2 Å². The van der Waals surface area contributed by atoms with Crippen LogP contribution in [0.1, 0.15) is 5.56 Å². The lowest BCUT2D eigenvalue weighted by molar-refractivity contribution is -0.384. The first kappa shape index (κ1) is 78.3. The number of amides is 8. The standard InChI is InChI=1S/C14H11ClF3N3O3S.C13H8Cl5N3O3S.C13H11ClN4O5S.C13H11F2N3O3S/c15-11-7-8(14(16,17)18)1-6-12(11)20-13(22)19-9-2-4-10(5-3-9)21-25(23)24;14-7-8(15)10(17)12(11(18)9(7)16)20-13(22)19-5-1-3-6(4-2-5)21-25(23)24;14-11-6-5-10(18(20)21)7-12(11)16-13(19)15-8-1-3-9(4-2-8)17-24(22)23;14-10-2-1-3-11(15)12(10)17-13(19)16-8-4-6-9(7-5-8)18-22(20)21/h1-7,21H,(H,23,24)(H2,19,20,22);1-4,21H,(H,23,24)(H2,19,20,22);1-7,17H,(H,22,23)(H2,15,16,19);1-7,18H,(H,20,21)(H2,16,17,19)/p-4. The van der Waals surface area contributed by atoms with E-state index in [0.29, 0.717) is 51.6 Å². The van der Waals surface area contributed by atoms with Gasteiger partial charge in [-0.3, -0.25) is 26.9 Å². The van der Waals surface area contributed by atoms with Crippen LogP contribution < -0.4 is 61.4 Å². The van der Waals surface area contributed by atoms with Gasteiger partial charge in [0.1, 0.15) is 17.3 Å². The van der Waals surface area contributed by atoms with Gasteiger partial charge >= 0.3 is 30.3 Å². The number of rotatable bonds is 17. The molecule has 0 fully saturated rings. The quantitative estimate of drug-likeness (QED) is 0.0101. The van der Waals surface area contributed by atoms with Crippen molar-refractivity contribution < 1.29 is 81.1 Å². The fraction of sp³-hybridized carbons (Fsp3) is 0.0189. The topological polar surface area (TPSA) is 416 Å². The largest absolute Gasteiger partial charge is 0.755 e. The highest BCUT2D eigenvalue weighted by Crippen LogP contribution is 2.47. The van der Waals surface area contributed by atoms with Gasteiger partial charge < -0.3 is 79.6 Å². The Hall–Kier alpha value is -8.44. The molecular formula is C53H37Cl7F5N13O14S4-4. The van der Waals surface area contributed by atoms with Crippen LogP contribution in [0, 0.1) is 21.7 Å². The van der Waals surface area contributed by atoms with Crippen LogP contribution in [0.25, 0.3) is 0 Å². The van der Waals surface area contributed by atoms with Crippen molar-refractivity contribution in [1.29, 1.82) is 0 Å². The second-order valence-electron chi connectivity index (χ2n) is 17.6. The molecule has 4 unspecified atom stereocenters. The molecule has 0 radical (unpaired) electrons. The molecule has 0 aromatic heterocycles. The zero-order valence-corrected chi connectivity index (χ0v) is 55.3. The van der Waals surface area contributed by atoms with E-state index >= 15 is 0 Å². The van der Waals surface area contributed by atoms with Gasteiger partial charge in [-0.05, 0) is 133 Å². The van der Waals surface area contributed by atoms with E-state index in [9.17, 15) is 86.3 Å². The predicted octanol–water partition coefficient (Wildman–Crippen LogP) is 15.9. The molecule has 0 bridgehead atoms. The molecule has 0 saturated carbocycles. The van der Waals surface area contributed by atoms with Gasteiger partial charge in [0.05, 0.1) is 62.7 Å². The summed E-state index contributed by atoms with van der Waals surface area (Å²) in [7, 11) is 0. The molecule has 0 spiro atoms. The number of halogens is 12. The number of non-ortho nitro benzene ring substituents is 1. The Morgan fingerprint density at radius 2 is 0.688 bits per heavy atom. The van der Waals surface area contributed by atoms with Crippen molar-refractivity contribution in [3.63, 3.8) is 0 Å². The van der Waals surface area contributed by atoms with Gasteiger partial charge in [0.2, 0.25) is 0 Å². The number of anilines is 12. The number of alkyl halides is 3. The van der Waals surface area contributed by atoms with Crippen molar-refractivity contribution in [2.24, 2.45) is 0 Å². The summed E-state index contributed by atoms with van der Waals surface area (Å²) in [5.41, 5.74) is 1.09. The van der Waals surface area contributed by atoms with Crippen molar-refractivity contribution in [3.8, 4) is 0 Å². The molecule has 8 aromatic rings. The van der Waals surface area contributed by atoms with Gasteiger partial charge in [0.15, 0.2) is 0 Å². The monoisotopic (exact) mass is 1550 g/mol. The van der Waals surface area contributed by atoms with E-state index in [1.165, 1.54) is 115 Å². The number of carbonyl (C=O) groups excluding carboxylic acids is 4. The Kier molecular flexibility index (Phi) is 30.3. The van der Waals surface area contributed by atoms with Crippen molar-refractivity contribution in [3.05, 3.63) is 214 Å². The highest BCUT2D eigenvalue weighted by Gasteiger charge is 2.31. The lowest BCUT2D eigenvalue weighted by Gasteiger charge is -2.14. The summed E-state index contributed by atoms with van der Waals surface area (Å²) in [6.45, 7) is 0. The zero-order valence-electron chi connectivity index (χ0n) is 46.8. The Balaban J connectivity index is 0.000000232. The first-order chi connectivity index (χ1) is 45.1. The number of nitro groups is 1. The minimum atomic E-state index is -4.53. The van der Waals surface area contributed by atoms with E-state index in [4.69, 9.17) is 81.2 Å². The summed E-state index contributed by atoms with van der Waals surface area (Å²) in [5, 5.41) is 29.4. The first-order valence-electron chi connectivity index (χ1n) is 25.1. The number of nitrogens with one attached hydrogen (secondary N) is 12. The molecule has 43 heteroatoms. The van der Waals surface area contributed by atoms with E-state index in [0.717, 1.165) is 30.3 Å². The summed E-state index contributed by atoms with van der Waals surface area (Å²) in [4.78, 5) is 57.7.